The number of fused-ring (bicyclic) bond motifs is 1. The molecule has 260 valence electrons. The summed E-state index contributed by atoms with van der Waals surface area (Å²) in [6.45, 7) is 4.28. The average molecular weight is 687 g/mol. The third-order valence-corrected chi connectivity index (χ3v) is 10.4. The van der Waals surface area contributed by atoms with Crippen LogP contribution >= 0.6 is 0 Å². The summed E-state index contributed by atoms with van der Waals surface area (Å²) in [5.41, 5.74) is 14.5. The summed E-state index contributed by atoms with van der Waals surface area (Å²) in [4.78, 5) is 4.75. The van der Waals surface area contributed by atoms with Crippen molar-refractivity contribution in [3.05, 3.63) is 197 Å². The highest BCUT2D eigenvalue weighted by Crippen LogP contribution is 2.45. The Balaban J connectivity index is 1.15. The number of allylic oxidation sites excluding steroid dienone is 1. The molecule has 8 rings (SSSR count). The van der Waals surface area contributed by atoms with Crippen molar-refractivity contribution in [2.45, 2.75) is 46.0 Å². The van der Waals surface area contributed by atoms with E-state index in [0.29, 0.717) is 0 Å². The lowest BCUT2D eigenvalue weighted by Crippen LogP contribution is -2.13. The molecule has 7 aromatic carbocycles. The molecule has 2 nitrogen and oxygen atoms in total. The molecule has 0 radical (unpaired) electrons. The van der Waals surface area contributed by atoms with E-state index in [1.165, 1.54) is 70.7 Å². The van der Waals surface area contributed by atoms with Gasteiger partial charge < -0.3 is 9.80 Å². The molecule has 1 aliphatic carbocycles. The first-order chi connectivity index (χ1) is 26.1. The van der Waals surface area contributed by atoms with Gasteiger partial charge >= 0.3 is 0 Å². The minimum absolute atomic E-state index is 1.11. The van der Waals surface area contributed by atoms with Gasteiger partial charge in [-0.15, -0.1) is 0 Å². The van der Waals surface area contributed by atoms with Gasteiger partial charge in [-0.2, -0.15) is 0 Å². The zero-order valence-electron chi connectivity index (χ0n) is 30.8. The summed E-state index contributed by atoms with van der Waals surface area (Å²) < 4.78 is 0. The van der Waals surface area contributed by atoms with Crippen molar-refractivity contribution in [2.75, 3.05) is 9.80 Å². The van der Waals surface area contributed by atoms with Crippen LogP contribution in [0.3, 0.4) is 0 Å². The Hall–Kier alpha value is -6.12. The van der Waals surface area contributed by atoms with Gasteiger partial charge in [-0.1, -0.05) is 144 Å². The minimum atomic E-state index is 1.11. The highest BCUT2D eigenvalue weighted by molar-refractivity contribution is 6.07. The van der Waals surface area contributed by atoms with Crippen LogP contribution < -0.4 is 9.80 Å². The second-order valence-corrected chi connectivity index (χ2v) is 14.3. The summed E-state index contributed by atoms with van der Waals surface area (Å²) in [6, 6.07) is 59.5. The van der Waals surface area contributed by atoms with Gasteiger partial charge in [0.1, 0.15) is 0 Å². The topological polar surface area (TPSA) is 6.48 Å². The molecule has 2 heteroatoms. The Bertz CT molecular complexity index is 2340. The lowest BCUT2D eigenvalue weighted by Gasteiger charge is -2.30. The third kappa shape index (κ3) is 7.73. The average Bonchev–Trinajstić information content (AvgIpc) is 3.21. The van der Waals surface area contributed by atoms with Crippen LogP contribution in [-0.4, -0.2) is 0 Å². The summed E-state index contributed by atoms with van der Waals surface area (Å²) in [5.74, 6) is 0. The zero-order chi connectivity index (χ0) is 36.0. The Labute approximate surface area is 315 Å². The predicted molar refractivity (Wildman–Crippen MR) is 229 cm³/mol. The maximum atomic E-state index is 2.39. The van der Waals surface area contributed by atoms with Crippen molar-refractivity contribution in [1.29, 1.82) is 0 Å². The van der Waals surface area contributed by atoms with Gasteiger partial charge in [0.2, 0.25) is 0 Å². The molecule has 0 atom stereocenters. The van der Waals surface area contributed by atoms with E-state index in [9.17, 15) is 0 Å². The van der Waals surface area contributed by atoms with Gasteiger partial charge in [-0.3, -0.25) is 0 Å². The zero-order valence-corrected chi connectivity index (χ0v) is 30.8. The number of anilines is 6. The highest BCUT2D eigenvalue weighted by Gasteiger charge is 2.20. The largest absolute Gasteiger partial charge is 0.310 e. The first-order valence-corrected chi connectivity index (χ1v) is 19.0. The van der Waals surface area contributed by atoms with E-state index in [-0.39, 0.29) is 0 Å². The summed E-state index contributed by atoms with van der Waals surface area (Å²) in [5, 5.41) is 2.37. The molecule has 0 amide bonds. The van der Waals surface area contributed by atoms with Gasteiger partial charge in [-0.05, 0) is 117 Å². The van der Waals surface area contributed by atoms with Crippen molar-refractivity contribution >= 4 is 63.1 Å². The van der Waals surface area contributed by atoms with Crippen molar-refractivity contribution in [3.63, 3.8) is 0 Å². The molecular weight excluding hydrogens is 641 g/mol. The fraction of sp³-hybridized carbons (Fsp3) is 0.137. The molecule has 1 fully saturated rings. The molecule has 0 aliphatic heterocycles. The van der Waals surface area contributed by atoms with E-state index < -0.39 is 0 Å². The summed E-state index contributed by atoms with van der Waals surface area (Å²) in [7, 11) is 0. The van der Waals surface area contributed by atoms with Gasteiger partial charge in [0, 0.05) is 33.5 Å². The predicted octanol–water partition coefficient (Wildman–Crippen LogP) is 14.9. The molecule has 1 saturated carbocycles. The number of para-hydroxylation sites is 1. The van der Waals surface area contributed by atoms with E-state index in [4.69, 9.17) is 0 Å². The van der Waals surface area contributed by atoms with E-state index in [2.05, 4.69) is 206 Å². The molecule has 0 heterocycles. The number of aryl methyl sites for hydroxylation is 2. The molecule has 0 N–H and O–H groups in total. The van der Waals surface area contributed by atoms with Crippen LogP contribution in [0.5, 0.6) is 0 Å². The van der Waals surface area contributed by atoms with Crippen molar-refractivity contribution in [2.24, 2.45) is 0 Å². The van der Waals surface area contributed by atoms with Crippen LogP contribution in [-0.2, 0) is 0 Å². The Kier molecular flexibility index (Phi) is 10.0. The van der Waals surface area contributed by atoms with Crippen molar-refractivity contribution in [3.8, 4) is 0 Å². The first kappa shape index (κ1) is 34.0. The molecule has 7 aromatic rings. The van der Waals surface area contributed by atoms with E-state index in [0.717, 1.165) is 34.1 Å². The van der Waals surface area contributed by atoms with Crippen LogP contribution in [0.4, 0.5) is 34.1 Å². The van der Waals surface area contributed by atoms with Gasteiger partial charge in [0.25, 0.3) is 0 Å². The number of benzene rings is 7. The van der Waals surface area contributed by atoms with Crippen LogP contribution in [0.15, 0.2) is 169 Å². The van der Waals surface area contributed by atoms with Gasteiger partial charge in [0.15, 0.2) is 0 Å². The van der Waals surface area contributed by atoms with E-state index in [1.807, 2.05) is 0 Å². The molecule has 0 bridgehead atoms. The van der Waals surface area contributed by atoms with Crippen LogP contribution in [0.2, 0.25) is 0 Å². The summed E-state index contributed by atoms with van der Waals surface area (Å²) in [6.07, 6.45) is 13.4. The fourth-order valence-corrected chi connectivity index (χ4v) is 7.49. The van der Waals surface area contributed by atoms with Crippen LogP contribution in [0.25, 0.3) is 29.0 Å². The molecule has 0 spiro atoms. The molecule has 1 aliphatic rings. The highest BCUT2D eigenvalue weighted by atomic mass is 15.2. The third-order valence-electron chi connectivity index (χ3n) is 10.4. The van der Waals surface area contributed by atoms with E-state index in [1.54, 1.807) is 5.57 Å². The second kappa shape index (κ2) is 15.6. The van der Waals surface area contributed by atoms with Gasteiger partial charge in [-0.25, -0.2) is 0 Å². The first-order valence-electron chi connectivity index (χ1n) is 19.0. The molecule has 53 heavy (non-hydrogen) atoms. The normalized spacial score (nSPS) is 13.0. The summed E-state index contributed by atoms with van der Waals surface area (Å²) >= 11 is 0. The maximum Gasteiger partial charge on any atom is 0.0541 e. The molecule has 0 saturated heterocycles. The fourth-order valence-electron chi connectivity index (χ4n) is 7.49. The van der Waals surface area contributed by atoms with Crippen molar-refractivity contribution < 1.29 is 0 Å². The Morgan fingerprint density at radius 3 is 1.26 bits per heavy atom. The monoisotopic (exact) mass is 686 g/mol. The SMILES string of the molecule is Cc1ccc(N(c2ccccc2)c2ccc(N(c3ccc(C)cc3)c3ccc(C=Cc4ccc(C=C5CCCCC5)cc4)cc3)c3ccccc23)cc1. The second-order valence-electron chi connectivity index (χ2n) is 14.3. The number of rotatable bonds is 9. The lowest BCUT2D eigenvalue weighted by molar-refractivity contribution is 0.602. The Morgan fingerprint density at radius 2 is 0.774 bits per heavy atom. The van der Waals surface area contributed by atoms with E-state index >= 15 is 0 Å². The molecule has 0 aromatic heterocycles. The van der Waals surface area contributed by atoms with Crippen molar-refractivity contribution in [1.82, 2.24) is 0 Å². The lowest BCUT2D eigenvalue weighted by atomic mass is 9.93. The van der Waals surface area contributed by atoms with Gasteiger partial charge in [0.05, 0.1) is 11.4 Å². The molecular formula is C51H46N2. The number of hydrogen-bond acceptors (Lipinski definition) is 2. The Morgan fingerprint density at radius 1 is 0.377 bits per heavy atom. The smallest absolute Gasteiger partial charge is 0.0541 e. The maximum absolute atomic E-state index is 2.39. The quantitative estimate of drug-likeness (QED) is 0.139. The van der Waals surface area contributed by atoms with Crippen LogP contribution in [0.1, 0.15) is 59.9 Å². The number of hydrogen-bond donors (Lipinski definition) is 0. The minimum Gasteiger partial charge on any atom is -0.310 e. The van der Waals surface area contributed by atoms with Crippen LogP contribution in [0, 0.1) is 13.8 Å². The molecule has 0 unspecified atom stereocenters. The number of nitrogens with zero attached hydrogens (tertiary/aromatic N) is 2. The standard InChI is InChI=1S/C51H46N2/c1-38-17-29-45(30-18-38)52(44-13-7-4-8-14-44)50-35-36-51(49-16-10-9-15-48(49)50)53(46-31-19-39(2)20-32-46)47-33-27-41(28-34-47)22-21-40-23-25-43(26-24-40)37-42-11-5-3-6-12-42/h4,7-10,13-37H,3,5-6,11-12H2,1-2H3.